The van der Waals surface area contributed by atoms with Crippen molar-refractivity contribution in [3.63, 3.8) is 0 Å². The maximum absolute atomic E-state index is 13.2. The number of rotatable bonds is 4. The molecule has 5 heteroatoms. The van der Waals surface area contributed by atoms with Gasteiger partial charge in [-0.25, -0.2) is 0 Å². The minimum absolute atomic E-state index is 0.00599. The normalized spacial score (nSPS) is 36.1. The quantitative estimate of drug-likeness (QED) is 0.735. The van der Waals surface area contributed by atoms with Gasteiger partial charge in [-0.05, 0) is 80.2 Å². The fourth-order valence-electron chi connectivity index (χ4n) is 6.92. The summed E-state index contributed by atoms with van der Waals surface area (Å²) in [5.74, 6) is 0.271. The van der Waals surface area contributed by atoms with Gasteiger partial charge in [0.15, 0.2) is 0 Å². The Morgan fingerprint density at radius 2 is 1.75 bits per heavy atom. The molecule has 32 heavy (non-hydrogen) atoms. The summed E-state index contributed by atoms with van der Waals surface area (Å²) in [5.41, 5.74) is 0.743. The number of likely N-dealkylation sites (tertiary alicyclic amines) is 1. The van der Waals surface area contributed by atoms with Gasteiger partial charge in [0.25, 0.3) is 5.91 Å². The number of aliphatic hydroxyl groups is 1. The second kappa shape index (κ2) is 9.54. The highest BCUT2D eigenvalue weighted by atomic mass is 16.3. The van der Waals surface area contributed by atoms with E-state index < -0.39 is 6.10 Å². The lowest BCUT2D eigenvalue weighted by atomic mass is 9.51. The average Bonchev–Trinajstić information content (AvgIpc) is 2.81. The topological polar surface area (TPSA) is 69.6 Å². The third-order valence-corrected chi connectivity index (χ3v) is 8.94. The number of benzene rings is 1. The number of piperidine rings is 1. The van der Waals surface area contributed by atoms with E-state index in [2.05, 4.69) is 19.2 Å². The standard InChI is InChI=1S/C27H40N2O3/c1-18(26(32)29-16-8-5-9-17-29)21-12-14-27(3)15-13-22(19(2)23(27)24(21)30)28-25(31)20-10-6-4-7-11-20/h4,6-7,10-11,18-19,21-24,30H,5,8-9,12-17H2,1-3H3,(H,28,31)/t18-,19+,21?,22-,23+,24-,27-/m0/s1. The zero-order chi connectivity index (χ0) is 22.9. The second-order valence-corrected chi connectivity index (χ2v) is 10.9. The molecule has 3 aliphatic rings. The maximum atomic E-state index is 13.2. The Morgan fingerprint density at radius 3 is 2.44 bits per heavy atom. The SMILES string of the molecule is C[C@H]1[C@@H]2[C@@H](O)C([C@H](C)C(=O)N3CCCCC3)CC[C@@]2(C)CC[C@@H]1NC(=O)c1ccccc1. The van der Waals surface area contributed by atoms with E-state index >= 15 is 0 Å². The Hall–Kier alpha value is -1.88. The molecular formula is C27H40N2O3. The summed E-state index contributed by atoms with van der Waals surface area (Å²) in [7, 11) is 0. The molecule has 0 spiro atoms. The number of fused-ring (bicyclic) bond motifs is 1. The molecule has 3 fully saturated rings. The molecule has 1 heterocycles. The van der Waals surface area contributed by atoms with Crippen LogP contribution in [0.4, 0.5) is 0 Å². The van der Waals surface area contributed by atoms with Crippen molar-refractivity contribution in [3.8, 4) is 0 Å². The first kappa shape index (κ1) is 23.3. The van der Waals surface area contributed by atoms with E-state index in [-0.39, 0.29) is 46.9 Å². The van der Waals surface area contributed by atoms with Gasteiger partial charge >= 0.3 is 0 Å². The zero-order valence-corrected chi connectivity index (χ0v) is 19.9. The first-order chi connectivity index (χ1) is 15.3. The number of hydrogen-bond donors (Lipinski definition) is 2. The molecule has 7 atom stereocenters. The molecule has 4 rings (SSSR count). The average molecular weight is 441 g/mol. The molecule has 1 saturated heterocycles. The van der Waals surface area contributed by atoms with Crippen molar-refractivity contribution >= 4 is 11.8 Å². The van der Waals surface area contributed by atoms with Crippen LogP contribution in [0.1, 0.15) is 76.1 Å². The van der Waals surface area contributed by atoms with E-state index in [1.165, 1.54) is 6.42 Å². The van der Waals surface area contributed by atoms with E-state index in [0.29, 0.717) is 5.56 Å². The maximum Gasteiger partial charge on any atom is 0.251 e. The summed E-state index contributed by atoms with van der Waals surface area (Å²) >= 11 is 0. The molecule has 5 nitrogen and oxygen atoms in total. The first-order valence-corrected chi connectivity index (χ1v) is 12.6. The first-order valence-electron chi connectivity index (χ1n) is 12.6. The molecule has 0 bridgehead atoms. The minimum Gasteiger partial charge on any atom is -0.392 e. The lowest BCUT2D eigenvalue weighted by molar-refractivity contribution is -0.150. The molecule has 2 amide bonds. The third kappa shape index (κ3) is 4.46. The number of hydrogen-bond acceptors (Lipinski definition) is 3. The van der Waals surface area contributed by atoms with Crippen molar-refractivity contribution < 1.29 is 14.7 Å². The monoisotopic (exact) mass is 440 g/mol. The summed E-state index contributed by atoms with van der Waals surface area (Å²) in [6.07, 6.45) is 6.76. The van der Waals surface area contributed by atoms with E-state index in [4.69, 9.17) is 0 Å². The summed E-state index contributed by atoms with van der Waals surface area (Å²) in [6.45, 7) is 8.23. The Kier molecular flexibility index (Phi) is 6.94. The largest absolute Gasteiger partial charge is 0.392 e. The van der Waals surface area contributed by atoms with Gasteiger partial charge in [-0.15, -0.1) is 0 Å². The Morgan fingerprint density at radius 1 is 1.09 bits per heavy atom. The van der Waals surface area contributed by atoms with Crippen molar-refractivity contribution in [2.24, 2.45) is 29.1 Å². The van der Waals surface area contributed by atoms with Crippen molar-refractivity contribution in [1.82, 2.24) is 10.2 Å². The lowest BCUT2D eigenvalue weighted by Crippen LogP contribution is -2.58. The smallest absolute Gasteiger partial charge is 0.251 e. The van der Waals surface area contributed by atoms with Gasteiger partial charge < -0.3 is 15.3 Å². The molecule has 1 aromatic carbocycles. The van der Waals surface area contributed by atoms with Gasteiger partial charge in [0.2, 0.25) is 5.91 Å². The molecule has 0 radical (unpaired) electrons. The fraction of sp³-hybridized carbons (Fsp3) is 0.704. The molecular weight excluding hydrogens is 400 g/mol. The van der Waals surface area contributed by atoms with Crippen LogP contribution in [0.2, 0.25) is 0 Å². The number of carbonyl (C=O) groups excluding carboxylic acids is 2. The second-order valence-electron chi connectivity index (χ2n) is 10.9. The highest BCUT2D eigenvalue weighted by Gasteiger charge is 2.54. The van der Waals surface area contributed by atoms with Gasteiger partial charge in [0.05, 0.1) is 6.10 Å². The van der Waals surface area contributed by atoms with Crippen molar-refractivity contribution in [3.05, 3.63) is 35.9 Å². The van der Waals surface area contributed by atoms with Gasteiger partial charge in [-0.3, -0.25) is 9.59 Å². The van der Waals surface area contributed by atoms with Crippen LogP contribution in [-0.2, 0) is 4.79 Å². The van der Waals surface area contributed by atoms with E-state index in [1.807, 2.05) is 42.2 Å². The minimum atomic E-state index is -0.510. The van der Waals surface area contributed by atoms with E-state index in [9.17, 15) is 14.7 Å². The number of nitrogens with one attached hydrogen (secondary N) is 1. The van der Waals surface area contributed by atoms with Crippen LogP contribution >= 0.6 is 0 Å². The lowest BCUT2D eigenvalue weighted by Gasteiger charge is -2.56. The number of aliphatic hydroxyl groups excluding tert-OH is 1. The molecule has 0 aromatic heterocycles. The molecule has 1 unspecified atom stereocenters. The Balaban J connectivity index is 1.47. The summed E-state index contributed by atoms with van der Waals surface area (Å²) < 4.78 is 0. The van der Waals surface area contributed by atoms with Gasteiger partial charge in [-0.2, -0.15) is 0 Å². The van der Waals surface area contributed by atoms with Crippen molar-refractivity contribution in [1.29, 1.82) is 0 Å². The van der Waals surface area contributed by atoms with Crippen LogP contribution in [0.3, 0.4) is 0 Å². The predicted molar refractivity (Wildman–Crippen MR) is 126 cm³/mol. The van der Waals surface area contributed by atoms with E-state index in [0.717, 1.165) is 51.6 Å². The summed E-state index contributed by atoms with van der Waals surface area (Å²) in [5, 5.41) is 14.9. The van der Waals surface area contributed by atoms with Crippen LogP contribution in [0.5, 0.6) is 0 Å². The highest BCUT2D eigenvalue weighted by molar-refractivity contribution is 5.94. The van der Waals surface area contributed by atoms with Crippen LogP contribution in [0.15, 0.2) is 30.3 Å². The molecule has 2 saturated carbocycles. The summed E-state index contributed by atoms with van der Waals surface area (Å²) in [4.78, 5) is 28.0. The van der Waals surface area contributed by atoms with Crippen LogP contribution in [-0.4, -0.2) is 47.1 Å². The van der Waals surface area contributed by atoms with E-state index in [1.54, 1.807) is 0 Å². The van der Waals surface area contributed by atoms with Crippen LogP contribution in [0.25, 0.3) is 0 Å². The number of carbonyl (C=O) groups is 2. The van der Waals surface area contributed by atoms with Gasteiger partial charge in [0, 0.05) is 30.6 Å². The fourth-order valence-corrected chi connectivity index (χ4v) is 6.92. The summed E-state index contributed by atoms with van der Waals surface area (Å²) in [6, 6.07) is 9.40. The Labute approximate surface area is 193 Å². The van der Waals surface area contributed by atoms with Crippen molar-refractivity contribution in [2.75, 3.05) is 13.1 Å². The Bertz CT molecular complexity index is 806. The predicted octanol–water partition coefficient (Wildman–Crippen LogP) is 4.26. The van der Waals surface area contributed by atoms with Crippen LogP contribution in [0, 0.1) is 29.1 Å². The molecule has 2 N–H and O–H groups in total. The zero-order valence-electron chi connectivity index (χ0n) is 19.9. The highest BCUT2D eigenvalue weighted by Crippen LogP contribution is 2.55. The van der Waals surface area contributed by atoms with Gasteiger partial charge in [-0.1, -0.05) is 39.0 Å². The van der Waals surface area contributed by atoms with Crippen molar-refractivity contribution in [2.45, 2.75) is 77.9 Å². The van der Waals surface area contributed by atoms with Crippen LogP contribution < -0.4 is 5.32 Å². The molecule has 1 aromatic rings. The number of nitrogens with zero attached hydrogens (tertiary/aromatic N) is 1. The molecule has 1 aliphatic heterocycles. The molecule has 2 aliphatic carbocycles. The molecule has 176 valence electrons. The van der Waals surface area contributed by atoms with Gasteiger partial charge in [0.1, 0.15) is 0 Å². The number of amides is 2. The third-order valence-electron chi connectivity index (χ3n) is 8.94.